The van der Waals surface area contributed by atoms with E-state index in [1.807, 2.05) is 0 Å². The number of para-hydroxylation sites is 1. The zero-order valence-corrected chi connectivity index (χ0v) is 9.15. The predicted octanol–water partition coefficient (Wildman–Crippen LogP) is 2.29. The highest BCUT2D eigenvalue weighted by Crippen LogP contribution is 2.24. The summed E-state index contributed by atoms with van der Waals surface area (Å²) in [6.45, 7) is 8.54. The van der Waals surface area contributed by atoms with Gasteiger partial charge in [0.25, 0.3) is 0 Å². The molecule has 0 amide bonds. The van der Waals surface area contributed by atoms with Crippen LogP contribution in [-0.2, 0) is 6.54 Å². The Balaban J connectivity index is 2.34. The molecule has 0 saturated carbocycles. The van der Waals surface area contributed by atoms with Gasteiger partial charge >= 0.3 is 0 Å². The van der Waals surface area contributed by atoms with Crippen LogP contribution in [0.1, 0.15) is 25.0 Å². The fourth-order valence-electron chi connectivity index (χ4n) is 1.84. The third kappa shape index (κ3) is 1.75. The molecular formula is C12H18N2. The molecule has 0 aliphatic carbocycles. The van der Waals surface area contributed by atoms with E-state index in [1.54, 1.807) is 0 Å². The second kappa shape index (κ2) is 3.28. The molecule has 0 unspecified atom stereocenters. The van der Waals surface area contributed by atoms with Crippen molar-refractivity contribution < 1.29 is 0 Å². The van der Waals surface area contributed by atoms with Crippen LogP contribution in [0.5, 0.6) is 0 Å². The molecule has 1 aromatic rings. The lowest BCUT2D eigenvalue weighted by Crippen LogP contribution is -2.42. The van der Waals surface area contributed by atoms with Crippen LogP contribution in [0.2, 0.25) is 0 Å². The van der Waals surface area contributed by atoms with E-state index in [1.165, 1.54) is 16.8 Å². The van der Waals surface area contributed by atoms with Gasteiger partial charge in [0.15, 0.2) is 0 Å². The summed E-state index contributed by atoms with van der Waals surface area (Å²) in [5.74, 6) is 0. The van der Waals surface area contributed by atoms with Crippen LogP contribution in [0, 0.1) is 6.92 Å². The molecular weight excluding hydrogens is 172 g/mol. The van der Waals surface area contributed by atoms with Gasteiger partial charge in [-0.3, -0.25) is 0 Å². The lowest BCUT2D eigenvalue weighted by Gasteiger charge is -2.23. The molecule has 2 heteroatoms. The molecule has 1 heterocycles. The molecule has 0 spiro atoms. The van der Waals surface area contributed by atoms with E-state index in [0.29, 0.717) is 0 Å². The molecule has 0 saturated heterocycles. The van der Waals surface area contributed by atoms with Crippen molar-refractivity contribution in [3.05, 3.63) is 29.3 Å². The third-order valence-corrected chi connectivity index (χ3v) is 2.82. The van der Waals surface area contributed by atoms with E-state index >= 15 is 0 Å². The van der Waals surface area contributed by atoms with Crippen molar-refractivity contribution in [1.82, 2.24) is 5.32 Å². The molecule has 0 bridgehead atoms. The summed E-state index contributed by atoms with van der Waals surface area (Å²) in [6.07, 6.45) is 0. The molecule has 2 nitrogen and oxygen atoms in total. The van der Waals surface area contributed by atoms with Crippen LogP contribution < -0.4 is 10.6 Å². The van der Waals surface area contributed by atoms with Gasteiger partial charge in [-0.15, -0.1) is 0 Å². The van der Waals surface area contributed by atoms with Crippen LogP contribution in [0.3, 0.4) is 0 Å². The highest BCUT2D eigenvalue weighted by Gasteiger charge is 2.21. The van der Waals surface area contributed by atoms with Gasteiger partial charge in [0.1, 0.15) is 0 Å². The van der Waals surface area contributed by atoms with Crippen molar-refractivity contribution >= 4 is 5.69 Å². The largest absolute Gasteiger partial charge is 0.383 e. The normalized spacial score (nSPS) is 19.4. The van der Waals surface area contributed by atoms with Crippen molar-refractivity contribution in [2.45, 2.75) is 32.9 Å². The SMILES string of the molecule is Cc1cccc2c1NCC(C)(C)NC2. The van der Waals surface area contributed by atoms with E-state index in [9.17, 15) is 0 Å². The Morgan fingerprint density at radius 2 is 2.07 bits per heavy atom. The van der Waals surface area contributed by atoms with Gasteiger partial charge < -0.3 is 10.6 Å². The maximum absolute atomic E-state index is 3.54. The molecule has 0 aromatic heterocycles. The first-order chi connectivity index (χ1) is 6.58. The number of aryl methyl sites for hydroxylation is 1. The minimum atomic E-state index is 0.172. The smallest absolute Gasteiger partial charge is 0.0416 e. The molecule has 0 atom stereocenters. The number of benzene rings is 1. The van der Waals surface area contributed by atoms with Crippen LogP contribution in [0.15, 0.2) is 18.2 Å². The van der Waals surface area contributed by atoms with Gasteiger partial charge in [-0.05, 0) is 31.9 Å². The zero-order chi connectivity index (χ0) is 10.2. The summed E-state index contributed by atoms with van der Waals surface area (Å²) in [5.41, 5.74) is 4.19. The fraction of sp³-hybridized carbons (Fsp3) is 0.500. The average molecular weight is 190 g/mol. The van der Waals surface area contributed by atoms with Gasteiger partial charge in [-0.1, -0.05) is 18.2 Å². The van der Waals surface area contributed by atoms with Crippen molar-refractivity contribution in [2.75, 3.05) is 11.9 Å². The monoisotopic (exact) mass is 190 g/mol. The molecule has 1 aliphatic heterocycles. The molecule has 2 rings (SSSR count). The number of fused-ring (bicyclic) bond motifs is 1. The van der Waals surface area contributed by atoms with Crippen molar-refractivity contribution in [3.63, 3.8) is 0 Å². The molecule has 1 aromatic carbocycles. The number of rotatable bonds is 0. The highest BCUT2D eigenvalue weighted by molar-refractivity contribution is 5.58. The molecule has 14 heavy (non-hydrogen) atoms. The van der Waals surface area contributed by atoms with Crippen LogP contribution >= 0.6 is 0 Å². The highest BCUT2D eigenvalue weighted by atomic mass is 15.0. The molecule has 2 N–H and O–H groups in total. The molecule has 1 aliphatic rings. The summed E-state index contributed by atoms with van der Waals surface area (Å²) >= 11 is 0. The number of anilines is 1. The van der Waals surface area contributed by atoms with Crippen molar-refractivity contribution in [3.8, 4) is 0 Å². The minimum absolute atomic E-state index is 0.172. The Hall–Kier alpha value is -1.02. The summed E-state index contributed by atoms with van der Waals surface area (Å²) in [7, 11) is 0. The van der Waals surface area contributed by atoms with Gasteiger partial charge in [0, 0.05) is 24.3 Å². The first kappa shape index (κ1) is 9.53. The summed E-state index contributed by atoms with van der Waals surface area (Å²) in [6, 6.07) is 6.46. The van der Waals surface area contributed by atoms with E-state index < -0.39 is 0 Å². The van der Waals surface area contributed by atoms with Crippen LogP contribution in [0.25, 0.3) is 0 Å². The van der Waals surface area contributed by atoms with Crippen molar-refractivity contribution in [1.29, 1.82) is 0 Å². The van der Waals surface area contributed by atoms with Crippen molar-refractivity contribution in [2.24, 2.45) is 0 Å². The van der Waals surface area contributed by atoms with Gasteiger partial charge in [0.2, 0.25) is 0 Å². The quantitative estimate of drug-likeness (QED) is 0.656. The molecule has 0 radical (unpaired) electrons. The van der Waals surface area contributed by atoms with Crippen LogP contribution in [-0.4, -0.2) is 12.1 Å². The Labute approximate surface area is 85.7 Å². The second-order valence-electron chi connectivity index (χ2n) is 4.70. The van der Waals surface area contributed by atoms with E-state index in [0.717, 1.165) is 13.1 Å². The van der Waals surface area contributed by atoms with Gasteiger partial charge in [-0.25, -0.2) is 0 Å². The third-order valence-electron chi connectivity index (χ3n) is 2.82. The number of hydrogen-bond donors (Lipinski definition) is 2. The number of nitrogens with one attached hydrogen (secondary N) is 2. The minimum Gasteiger partial charge on any atom is -0.383 e. The van der Waals surface area contributed by atoms with Gasteiger partial charge in [-0.2, -0.15) is 0 Å². The Morgan fingerprint density at radius 3 is 2.86 bits per heavy atom. The summed E-state index contributed by atoms with van der Waals surface area (Å²) < 4.78 is 0. The molecule has 76 valence electrons. The van der Waals surface area contributed by atoms with E-state index in [4.69, 9.17) is 0 Å². The maximum Gasteiger partial charge on any atom is 0.0416 e. The van der Waals surface area contributed by atoms with Crippen LogP contribution in [0.4, 0.5) is 5.69 Å². The maximum atomic E-state index is 3.54. The second-order valence-corrected chi connectivity index (χ2v) is 4.70. The molecule has 0 fully saturated rings. The van der Waals surface area contributed by atoms with E-state index in [2.05, 4.69) is 49.6 Å². The topological polar surface area (TPSA) is 24.1 Å². The van der Waals surface area contributed by atoms with E-state index in [-0.39, 0.29) is 5.54 Å². The first-order valence-electron chi connectivity index (χ1n) is 5.16. The summed E-state index contributed by atoms with van der Waals surface area (Å²) in [4.78, 5) is 0. The Morgan fingerprint density at radius 1 is 1.29 bits per heavy atom. The Bertz CT molecular complexity index is 342. The summed E-state index contributed by atoms with van der Waals surface area (Å²) in [5, 5.41) is 7.06. The fourth-order valence-corrected chi connectivity index (χ4v) is 1.84. The average Bonchev–Trinajstić information content (AvgIpc) is 2.27. The first-order valence-corrected chi connectivity index (χ1v) is 5.16. The number of hydrogen-bond acceptors (Lipinski definition) is 2. The van der Waals surface area contributed by atoms with Gasteiger partial charge in [0.05, 0.1) is 0 Å². The zero-order valence-electron chi connectivity index (χ0n) is 9.15. The Kier molecular flexibility index (Phi) is 2.23. The predicted molar refractivity (Wildman–Crippen MR) is 60.6 cm³/mol. The lowest BCUT2D eigenvalue weighted by molar-refractivity contribution is 0.415. The standard InChI is InChI=1S/C12H18N2/c1-9-5-4-6-10-7-14-12(2,3)8-13-11(9)10/h4-6,13-14H,7-8H2,1-3H3. The lowest BCUT2D eigenvalue weighted by atomic mass is 10.1.